The lowest BCUT2D eigenvalue weighted by molar-refractivity contribution is 1.17. The van der Waals surface area contributed by atoms with Crippen molar-refractivity contribution in [3.63, 3.8) is 0 Å². The Hall–Kier alpha value is -1.21. The lowest BCUT2D eigenvalue weighted by atomic mass is 10.2. The first-order chi connectivity index (χ1) is 9.15. The van der Waals surface area contributed by atoms with Crippen molar-refractivity contribution in [3.8, 4) is 0 Å². The second-order valence-corrected chi connectivity index (χ2v) is 5.20. The molecule has 0 fully saturated rings. The van der Waals surface area contributed by atoms with Gasteiger partial charge in [0.2, 0.25) is 5.28 Å². The molecule has 3 rings (SSSR count). The van der Waals surface area contributed by atoms with Gasteiger partial charge in [-0.1, -0.05) is 23.2 Å². The molecule has 0 unspecified atom stereocenters. The third kappa shape index (κ3) is 2.44. The minimum Gasteiger partial charge on any atom is -0.336 e. The molecular formula is C10H4Cl3N5S. The zero-order chi connectivity index (χ0) is 13.4. The summed E-state index contributed by atoms with van der Waals surface area (Å²) in [4.78, 5) is 7.79. The molecule has 1 N–H and O–H groups in total. The number of nitrogens with zero attached hydrogens (tertiary/aromatic N) is 4. The third-order valence-corrected chi connectivity index (χ3v) is 3.65. The van der Waals surface area contributed by atoms with Crippen molar-refractivity contribution in [2.45, 2.75) is 0 Å². The van der Waals surface area contributed by atoms with Crippen molar-refractivity contribution in [2.24, 2.45) is 0 Å². The van der Waals surface area contributed by atoms with E-state index < -0.39 is 0 Å². The Balaban J connectivity index is 2.12. The fourth-order valence-corrected chi connectivity index (χ4v) is 2.51. The Bertz CT molecular complexity index is 760. The van der Waals surface area contributed by atoms with E-state index in [4.69, 9.17) is 34.8 Å². The summed E-state index contributed by atoms with van der Waals surface area (Å²) >= 11 is 19.0. The Kier molecular flexibility index (Phi) is 3.40. The van der Waals surface area contributed by atoms with E-state index in [0.717, 1.165) is 17.2 Å². The molecule has 0 saturated carbocycles. The number of hydrogen-bond donors (Lipinski definition) is 1. The van der Waals surface area contributed by atoms with E-state index in [1.54, 1.807) is 12.1 Å². The molecule has 0 amide bonds. The van der Waals surface area contributed by atoms with Crippen molar-refractivity contribution in [1.82, 2.24) is 18.7 Å². The molecule has 2 aromatic heterocycles. The summed E-state index contributed by atoms with van der Waals surface area (Å²) < 4.78 is 8.33. The van der Waals surface area contributed by atoms with Crippen molar-refractivity contribution >= 4 is 69.1 Å². The topological polar surface area (TPSA) is 63.6 Å². The van der Waals surface area contributed by atoms with Crippen LogP contribution in [-0.2, 0) is 0 Å². The van der Waals surface area contributed by atoms with E-state index >= 15 is 0 Å². The standard InChI is InChI=1S/C10H4Cl3N5S/c11-4-1-2-6-8(18-19-17-6)7(4)15-9-5(12)3-14-10(13)16-9/h1-3H,(H,14,15,16). The molecule has 0 spiro atoms. The molecule has 2 heterocycles. The van der Waals surface area contributed by atoms with Gasteiger partial charge in [0.15, 0.2) is 5.82 Å². The van der Waals surface area contributed by atoms with Gasteiger partial charge in [0.05, 0.1) is 28.6 Å². The smallest absolute Gasteiger partial charge is 0.224 e. The molecule has 0 bridgehead atoms. The zero-order valence-corrected chi connectivity index (χ0v) is 12.1. The van der Waals surface area contributed by atoms with Crippen LogP contribution in [0.4, 0.5) is 11.5 Å². The maximum absolute atomic E-state index is 6.16. The minimum absolute atomic E-state index is 0.0894. The van der Waals surface area contributed by atoms with Crippen LogP contribution in [0, 0.1) is 0 Å². The number of anilines is 2. The first-order valence-electron chi connectivity index (χ1n) is 5.01. The minimum atomic E-state index is 0.0894. The fraction of sp³-hybridized carbons (Fsp3) is 0. The second-order valence-electron chi connectivity index (χ2n) is 3.51. The molecule has 0 aliphatic rings. The van der Waals surface area contributed by atoms with Crippen LogP contribution in [0.15, 0.2) is 18.3 Å². The highest BCUT2D eigenvalue weighted by atomic mass is 35.5. The number of fused-ring (bicyclic) bond motifs is 1. The van der Waals surface area contributed by atoms with Gasteiger partial charge in [-0.25, -0.2) is 4.98 Å². The summed E-state index contributed by atoms with van der Waals surface area (Å²) in [5.41, 5.74) is 1.99. The van der Waals surface area contributed by atoms with Gasteiger partial charge in [-0.2, -0.15) is 13.7 Å². The van der Waals surface area contributed by atoms with Crippen molar-refractivity contribution in [3.05, 3.63) is 33.7 Å². The van der Waals surface area contributed by atoms with Gasteiger partial charge in [0.25, 0.3) is 0 Å². The summed E-state index contributed by atoms with van der Waals surface area (Å²) in [7, 11) is 0. The zero-order valence-electron chi connectivity index (χ0n) is 9.06. The summed E-state index contributed by atoms with van der Waals surface area (Å²) in [6.07, 6.45) is 1.41. The molecule has 96 valence electrons. The van der Waals surface area contributed by atoms with Gasteiger partial charge in [-0.3, -0.25) is 0 Å². The lowest BCUT2D eigenvalue weighted by Gasteiger charge is -2.09. The normalized spacial score (nSPS) is 10.9. The molecule has 1 aromatic carbocycles. The highest BCUT2D eigenvalue weighted by molar-refractivity contribution is 7.00. The number of hydrogen-bond acceptors (Lipinski definition) is 6. The van der Waals surface area contributed by atoms with Crippen LogP contribution in [0.25, 0.3) is 11.0 Å². The molecule has 0 radical (unpaired) electrons. The first kappa shape index (κ1) is 12.8. The third-order valence-electron chi connectivity index (χ3n) is 2.34. The Morgan fingerprint density at radius 3 is 2.74 bits per heavy atom. The van der Waals surface area contributed by atoms with E-state index in [1.807, 2.05) is 0 Å². The molecule has 0 aliphatic heterocycles. The molecule has 0 aliphatic carbocycles. The number of halogens is 3. The van der Waals surface area contributed by atoms with E-state index in [0.29, 0.717) is 27.1 Å². The summed E-state index contributed by atoms with van der Waals surface area (Å²) in [6.45, 7) is 0. The number of benzene rings is 1. The first-order valence-corrected chi connectivity index (χ1v) is 6.87. The summed E-state index contributed by atoms with van der Waals surface area (Å²) in [5, 5.41) is 3.93. The van der Waals surface area contributed by atoms with Crippen LogP contribution in [-0.4, -0.2) is 18.7 Å². The molecule has 0 atom stereocenters. The van der Waals surface area contributed by atoms with Gasteiger partial charge >= 0.3 is 0 Å². The molecule has 19 heavy (non-hydrogen) atoms. The predicted molar refractivity (Wildman–Crippen MR) is 77.8 cm³/mol. The second kappa shape index (κ2) is 5.05. The van der Waals surface area contributed by atoms with Crippen LogP contribution < -0.4 is 5.32 Å². The lowest BCUT2D eigenvalue weighted by Crippen LogP contribution is -1.97. The number of aromatic nitrogens is 4. The molecular weight excluding hydrogens is 329 g/mol. The van der Waals surface area contributed by atoms with Crippen LogP contribution >= 0.6 is 46.5 Å². The van der Waals surface area contributed by atoms with Crippen LogP contribution in [0.2, 0.25) is 15.3 Å². The molecule has 3 aromatic rings. The van der Waals surface area contributed by atoms with Gasteiger partial charge in [-0.05, 0) is 23.7 Å². The number of nitrogens with one attached hydrogen (secondary N) is 1. The highest BCUT2D eigenvalue weighted by Gasteiger charge is 2.13. The summed E-state index contributed by atoms with van der Waals surface area (Å²) in [5.74, 6) is 0.365. The molecule has 0 saturated heterocycles. The van der Waals surface area contributed by atoms with Crippen LogP contribution in [0.3, 0.4) is 0 Å². The summed E-state index contributed by atoms with van der Waals surface area (Å²) in [6, 6.07) is 3.52. The van der Waals surface area contributed by atoms with E-state index in [-0.39, 0.29) is 5.28 Å². The fourth-order valence-electron chi connectivity index (χ4n) is 1.50. The maximum Gasteiger partial charge on any atom is 0.224 e. The van der Waals surface area contributed by atoms with Gasteiger partial charge in [0, 0.05) is 0 Å². The number of rotatable bonds is 2. The average molecular weight is 333 g/mol. The largest absolute Gasteiger partial charge is 0.336 e. The highest BCUT2D eigenvalue weighted by Crippen LogP contribution is 2.33. The quantitative estimate of drug-likeness (QED) is 0.713. The van der Waals surface area contributed by atoms with E-state index in [9.17, 15) is 0 Å². The van der Waals surface area contributed by atoms with Gasteiger partial charge in [-0.15, -0.1) is 0 Å². The Morgan fingerprint density at radius 2 is 1.89 bits per heavy atom. The SMILES string of the molecule is Clc1ncc(Cl)c(Nc2c(Cl)ccc3nsnc23)n1. The monoisotopic (exact) mass is 331 g/mol. The molecule has 5 nitrogen and oxygen atoms in total. The Morgan fingerprint density at radius 1 is 1.05 bits per heavy atom. The van der Waals surface area contributed by atoms with Gasteiger partial charge in [0.1, 0.15) is 16.1 Å². The maximum atomic E-state index is 6.16. The van der Waals surface area contributed by atoms with Gasteiger partial charge < -0.3 is 5.32 Å². The Labute approximate surface area is 126 Å². The predicted octanol–water partition coefficient (Wildman–Crippen LogP) is 4.19. The van der Waals surface area contributed by atoms with Crippen LogP contribution in [0.5, 0.6) is 0 Å². The van der Waals surface area contributed by atoms with E-state index in [1.165, 1.54) is 6.20 Å². The van der Waals surface area contributed by atoms with Crippen molar-refractivity contribution < 1.29 is 0 Å². The molecule has 9 heteroatoms. The van der Waals surface area contributed by atoms with Crippen molar-refractivity contribution in [2.75, 3.05) is 5.32 Å². The van der Waals surface area contributed by atoms with Crippen LogP contribution in [0.1, 0.15) is 0 Å². The van der Waals surface area contributed by atoms with E-state index in [2.05, 4.69) is 24.0 Å². The average Bonchev–Trinajstić information content (AvgIpc) is 2.85. The van der Waals surface area contributed by atoms with Crippen molar-refractivity contribution in [1.29, 1.82) is 0 Å².